The van der Waals surface area contributed by atoms with Crippen molar-refractivity contribution in [1.82, 2.24) is 5.32 Å². The highest BCUT2D eigenvalue weighted by molar-refractivity contribution is 9.11. The summed E-state index contributed by atoms with van der Waals surface area (Å²) in [6, 6.07) is -0.292. The van der Waals surface area contributed by atoms with Gasteiger partial charge in [0.15, 0.2) is 0 Å². The number of carbonyl (C=O) groups is 2. The minimum Gasteiger partial charge on any atom is -1.00 e. The molecule has 0 atom stereocenters. The summed E-state index contributed by atoms with van der Waals surface area (Å²) in [7, 11) is 4.51. The van der Waals surface area contributed by atoms with Crippen molar-refractivity contribution in [1.29, 1.82) is 0 Å². The molecule has 0 aromatic carbocycles. The topological polar surface area (TPSA) is 67.4 Å². The number of esters is 1. The number of hydrogen-bond acceptors (Lipinski definition) is 5. The van der Waals surface area contributed by atoms with Gasteiger partial charge in [0, 0.05) is 23.4 Å². The summed E-state index contributed by atoms with van der Waals surface area (Å²) in [5.74, 6) is -0.349. The SMILES string of the molecule is CC(C)(C)OC(=O)c1c(NC(=O)NCc2c(Br)sc3c2CC[N+](C)(C)C3)sc2c1CCCCC2.[I-]. The molecule has 0 unspecified atom stereocenters. The predicted octanol–water partition coefficient (Wildman–Crippen LogP) is 3.25. The second kappa shape index (κ2) is 11.4. The van der Waals surface area contributed by atoms with Gasteiger partial charge in [-0.15, -0.1) is 22.7 Å². The van der Waals surface area contributed by atoms with Crippen LogP contribution in [-0.4, -0.2) is 42.7 Å². The molecule has 1 aliphatic heterocycles. The van der Waals surface area contributed by atoms with Crippen LogP contribution in [0.2, 0.25) is 0 Å². The Balaban J connectivity index is 0.00000342. The highest BCUT2D eigenvalue weighted by Gasteiger charge is 2.31. The summed E-state index contributed by atoms with van der Waals surface area (Å²) >= 11 is 7.02. The smallest absolute Gasteiger partial charge is 0.341 e. The van der Waals surface area contributed by atoms with E-state index in [0.717, 1.165) is 65.4 Å². The Morgan fingerprint density at radius 3 is 2.46 bits per heavy atom. The molecule has 2 aromatic heterocycles. The van der Waals surface area contributed by atoms with Gasteiger partial charge in [0.1, 0.15) is 17.1 Å². The number of anilines is 1. The maximum Gasteiger partial charge on any atom is 0.341 e. The molecule has 194 valence electrons. The van der Waals surface area contributed by atoms with Gasteiger partial charge in [-0.05, 0) is 73.5 Å². The fourth-order valence-electron chi connectivity index (χ4n) is 4.69. The molecule has 6 nitrogen and oxygen atoms in total. The number of quaternary nitrogens is 1. The van der Waals surface area contributed by atoms with Crippen LogP contribution in [0.25, 0.3) is 0 Å². The molecule has 0 radical (unpaired) electrons. The number of rotatable bonds is 4. The highest BCUT2D eigenvalue weighted by atomic mass is 127. The van der Waals surface area contributed by atoms with Gasteiger partial charge < -0.3 is 38.5 Å². The fraction of sp³-hybridized carbons (Fsp3) is 0.600. The van der Waals surface area contributed by atoms with Crippen LogP contribution >= 0.6 is 38.6 Å². The van der Waals surface area contributed by atoms with E-state index in [4.69, 9.17) is 4.74 Å². The predicted molar refractivity (Wildman–Crippen MR) is 143 cm³/mol. The van der Waals surface area contributed by atoms with Crippen LogP contribution in [0.3, 0.4) is 0 Å². The molecule has 2 N–H and O–H groups in total. The van der Waals surface area contributed by atoms with Crippen molar-refractivity contribution >= 4 is 55.6 Å². The molecular formula is C25H35BrIN3O3S2. The first-order valence-electron chi connectivity index (χ1n) is 12.0. The first-order chi connectivity index (χ1) is 15.9. The third-order valence-corrected chi connectivity index (χ3v) is 9.59. The molecule has 0 fully saturated rings. The number of hydrogen-bond donors (Lipinski definition) is 2. The maximum atomic E-state index is 13.1. The molecule has 0 bridgehead atoms. The molecule has 0 saturated heterocycles. The lowest BCUT2D eigenvalue weighted by Gasteiger charge is -2.33. The summed E-state index contributed by atoms with van der Waals surface area (Å²) in [6.45, 7) is 8.18. The van der Waals surface area contributed by atoms with Crippen LogP contribution in [0, 0.1) is 0 Å². The van der Waals surface area contributed by atoms with Crippen LogP contribution in [0.5, 0.6) is 0 Å². The molecule has 2 amide bonds. The van der Waals surface area contributed by atoms with Gasteiger partial charge in [-0.3, -0.25) is 5.32 Å². The zero-order valence-corrected chi connectivity index (χ0v) is 26.5. The van der Waals surface area contributed by atoms with Gasteiger partial charge in [-0.2, -0.15) is 0 Å². The molecule has 3 heterocycles. The third kappa shape index (κ3) is 7.00. The number of thiophene rings is 2. The molecule has 0 saturated carbocycles. The van der Waals surface area contributed by atoms with Gasteiger partial charge in [0.2, 0.25) is 0 Å². The Kier molecular flexibility index (Phi) is 9.38. The van der Waals surface area contributed by atoms with Crippen LogP contribution < -0.4 is 34.6 Å². The van der Waals surface area contributed by atoms with Crippen molar-refractivity contribution in [3.05, 3.63) is 35.8 Å². The first-order valence-corrected chi connectivity index (χ1v) is 14.4. The van der Waals surface area contributed by atoms with E-state index >= 15 is 0 Å². The molecule has 10 heteroatoms. The number of likely N-dealkylation sites (N-methyl/N-ethyl adjacent to an activating group) is 1. The average Bonchev–Trinajstić information content (AvgIpc) is 3.09. The van der Waals surface area contributed by atoms with Gasteiger partial charge in [0.05, 0.1) is 34.9 Å². The number of carbonyl (C=O) groups excluding carboxylic acids is 2. The highest BCUT2D eigenvalue weighted by Crippen LogP contribution is 2.39. The van der Waals surface area contributed by atoms with Crippen LogP contribution in [0.4, 0.5) is 9.80 Å². The number of ether oxygens (including phenoxy) is 1. The van der Waals surface area contributed by atoms with Crippen molar-refractivity contribution in [2.24, 2.45) is 0 Å². The van der Waals surface area contributed by atoms with Gasteiger partial charge in [-0.25, -0.2) is 9.59 Å². The third-order valence-electron chi connectivity index (χ3n) is 6.37. The quantitative estimate of drug-likeness (QED) is 0.224. The number of urea groups is 1. The van der Waals surface area contributed by atoms with E-state index in [0.29, 0.717) is 17.1 Å². The molecule has 35 heavy (non-hydrogen) atoms. The molecule has 0 spiro atoms. The van der Waals surface area contributed by atoms with E-state index in [1.807, 2.05) is 20.8 Å². The molecule has 2 aliphatic rings. The van der Waals surface area contributed by atoms with Crippen molar-refractivity contribution in [3.63, 3.8) is 0 Å². The zero-order chi connectivity index (χ0) is 24.7. The second-order valence-corrected chi connectivity index (χ2v) is 14.4. The normalized spacial score (nSPS) is 16.9. The summed E-state index contributed by atoms with van der Waals surface area (Å²) in [6.07, 6.45) is 6.14. The second-order valence-electron chi connectivity index (χ2n) is 10.9. The maximum absolute atomic E-state index is 13.1. The molecule has 1 aliphatic carbocycles. The van der Waals surface area contributed by atoms with E-state index in [1.165, 1.54) is 32.2 Å². The molecule has 4 rings (SSSR count). The lowest BCUT2D eigenvalue weighted by Crippen LogP contribution is -3.00. The molecular weight excluding hydrogens is 661 g/mol. The number of nitrogens with one attached hydrogen (secondary N) is 2. The van der Waals surface area contributed by atoms with Crippen molar-refractivity contribution in [3.8, 4) is 0 Å². The minimum atomic E-state index is -0.590. The molecule has 2 aromatic rings. The summed E-state index contributed by atoms with van der Waals surface area (Å²) in [5.41, 5.74) is 3.55. The average molecular weight is 697 g/mol. The largest absolute Gasteiger partial charge is 1.00 e. The van der Waals surface area contributed by atoms with Gasteiger partial charge in [-0.1, -0.05) is 6.42 Å². The van der Waals surface area contributed by atoms with Crippen molar-refractivity contribution in [2.75, 3.05) is 26.0 Å². The number of fused-ring (bicyclic) bond motifs is 2. The minimum absolute atomic E-state index is 0. The number of aryl methyl sites for hydroxylation is 1. The Labute approximate surface area is 241 Å². The Morgan fingerprint density at radius 2 is 1.74 bits per heavy atom. The summed E-state index contributed by atoms with van der Waals surface area (Å²) in [4.78, 5) is 28.7. The Hall–Kier alpha value is -0.690. The fourth-order valence-corrected chi connectivity index (χ4v) is 8.22. The lowest BCUT2D eigenvalue weighted by atomic mass is 10.0. The summed E-state index contributed by atoms with van der Waals surface area (Å²) < 4.78 is 7.80. The Morgan fingerprint density at radius 1 is 1.03 bits per heavy atom. The summed E-state index contributed by atoms with van der Waals surface area (Å²) in [5, 5.41) is 6.61. The monoisotopic (exact) mass is 695 g/mol. The number of amides is 2. The number of halogens is 2. The lowest BCUT2D eigenvalue weighted by molar-refractivity contribution is -0.905. The van der Waals surface area contributed by atoms with Gasteiger partial charge in [0.25, 0.3) is 0 Å². The van der Waals surface area contributed by atoms with E-state index in [1.54, 1.807) is 11.3 Å². The van der Waals surface area contributed by atoms with Crippen LogP contribution in [-0.2, 0) is 37.1 Å². The van der Waals surface area contributed by atoms with E-state index < -0.39 is 5.60 Å². The van der Waals surface area contributed by atoms with Crippen LogP contribution in [0.15, 0.2) is 3.79 Å². The van der Waals surface area contributed by atoms with Gasteiger partial charge >= 0.3 is 12.0 Å². The van der Waals surface area contributed by atoms with E-state index in [9.17, 15) is 9.59 Å². The van der Waals surface area contributed by atoms with Crippen molar-refractivity contribution in [2.45, 2.75) is 78.0 Å². The van der Waals surface area contributed by atoms with E-state index in [2.05, 4.69) is 40.7 Å². The van der Waals surface area contributed by atoms with Crippen molar-refractivity contribution < 1.29 is 42.8 Å². The Bertz CT molecular complexity index is 1100. The van der Waals surface area contributed by atoms with Crippen LogP contribution in [0.1, 0.15) is 76.8 Å². The zero-order valence-electron chi connectivity index (χ0n) is 21.1. The van der Waals surface area contributed by atoms with E-state index in [-0.39, 0.29) is 36.0 Å². The number of nitrogens with zero attached hydrogens (tertiary/aromatic N) is 1. The first kappa shape index (κ1) is 28.9. The standard InChI is InChI=1S/C25H34BrN3O3S2.HI/c1-25(2,3)32-23(30)20-16-9-7-6-8-10-18(16)34-22(20)28-24(31)27-13-17-15-11-12-29(4,5)14-19(15)33-21(17)26;/h6-14H2,1-5H3,(H-,27,28,30,31);1H.